The van der Waals surface area contributed by atoms with E-state index in [4.69, 9.17) is 9.47 Å². The maximum Gasteiger partial charge on any atom is 0.266 e. The molecule has 1 unspecified atom stereocenters. The lowest BCUT2D eigenvalue weighted by molar-refractivity contribution is 0.0734. The van der Waals surface area contributed by atoms with E-state index in [1.165, 1.54) is 11.3 Å². The summed E-state index contributed by atoms with van der Waals surface area (Å²) in [6.07, 6.45) is 7.74. The van der Waals surface area contributed by atoms with E-state index in [1.54, 1.807) is 12.4 Å². The molecule has 1 saturated heterocycles. The lowest BCUT2D eigenvalue weighted by atomic mass is 10.2. The second-order valence-corrected chi connectivity index (χ2v) is 8.46. The number of ether oxygens (including phenoxy) is 2. The minimum atomic E-state index is 0.0573. The first kappa shape index (κ1) is 18.4. The lowest BCUT2D eigenvalue weighted by Gasteiger charge is -2.22. The third-order valence-electron chi connectivity index (χ3n) is 4.70. The van der Waals surface area contributed by atoms with E-state index in [1.807, 2.05) is 30.9 Å². The number of hydrogen-bond donors (Lipinski definition) is 0. The zero-order valence-electron chi connectivity index (χ0n) is 15.8. The molecule has 2 aromatic rings. The van der Waals surface area contributed by atoms with Gasteiger partial charge in [0, 0.05) is 31.5 Å². The zero-order chi connectivity index (χ0) is 18.8. The fourth-order valence-electron chi connectivity index (χ4n) is 3.25. The Kier molecular flexibility index (Phi) is 5.41. The summed E-state index contributed by atoms with van der Waals surface area (Å²) in [6.45, 7) is 5.30. The molecule has 2 aliphatic rings. The second-order valence-electron chi connectivity index (χ2n) is 7.40. The molecule has 1 atom stereocenters. The van der Waals surface area contributed by atoms with E-state index >= 15 is 0 Å². The van der Waals surface area contributed by atoms with Gasteiger partial charge >= 0.3 is 0 Å². The van der Waals surface area contributed by atoms with Crippen molar-refractivity contribution in [3.63, 3.8) is 0 Å². The van der Waals surface area contributed by atoms with Gasteiger partial charge in [0.1, 0.15) is 16.0 Å². The maximum absolute atomic E-state index is 13.1. The molecular formula is C20H25N3O3S. The van der Waals surface area contributed by atoms with Crippen molar-refractivity contribution in [1.29, 1.82) is 0 Å². The number of carbonyl (C=O) groups is 1. The van der Waals surface area contributed by atoms with Crippen molar-refractivity contribution in [2.45, 2.75) is 64.3 Å². The van der Waals surface area contributed by atoms with Gasteiger partial charge < -0.3 is 14.4 Å². The summed E-state index contributed by atoms with van der Waals surface area (Å²) < 4.78 is 11.4. The summed E-state index contributed by atoms with van der Waals surface area (Å²) in [6, 6.07) is 4.18. The quantitative estimate of drug-likeness (QED) is 0.719. The van der Waals surface area contributed by atoms with Crippen molar-refractivity contribution in [2.24, 2.45) is 0 Å². The Hall–Kier alpha value is -1.99. The molecule has 1 amide bonds. The van der Waals surface area contributed by atoms with Gasteiger partial charge in [0.2, 0.25) is 5.88 Å². The molecular weight excluding hydrogens is 362 g/mol. The Morgan fingerprint density at radius 3 is 2.93 bits per heavy atom. The van der Waals surface area contributed by atoms with Gasteiger partial charge in [-0.2, -0.15) is 0 Å². The molecule has 27 heavy (non-hydrogen) atoms. The first-order chi connectivity index (χ1) is 13.1. The summed E-state index contributed by atoms with van der Waals surface area (Å²) in [4.78, 5) is 24.5. The molecule has 1 aliphatic heterocycles. The van der Waals surface area contributed by atoms with E-state index < -0.39 is 0 Å². The van der Waals surface area contributed by atoms with Crippen LogP contribution in [0.3, 0.4) is 0 Å². The molecule has 0 spiro atoms. The minimum absolute atomic E-state index is 0.0573. The molecule has 0 radical (unpaired) electrons. The van der Waals surface area contributed by atoms with Gasteiger partial charge in [-0.3, -0.25) is 4.79 Å². The monoisotopic (exact) mass is 387 g/mol. The van der Waals surface area contributed by atoms with Gasteiger partial charge in [0.25, 0.3) is 5.91 Å². The van der Waals surface area contributed by atoms with Crippen molar-refractivity contribution < 1.29 is 14.3 Å². The topological polar surface area (TPSA) is 64.5 Å². The highest BCUT2D eigenvalue weighted by Gasteiger charge is 2.34. The molecule has 7 heteroatoms. The van der Waals surface area contributed by atoms with Crippen molar-refractivity contribution in [2.75, 3.05) is 6.61 Å². The van der Waals surface area contributed by atoms with Gasteiger partial charge in [-0.15, -0.1) is 11.3 Å². The van der Waals surface area contributed by atoms with Gasteiger partial charge in [0.15, 0.2) is 0 Å². The molecule has 0 aromatic carbocycles. The average Bonchev–Trinajstić information content (AvgIpc) is 3.13. The van der Waals surface area contributed by atoms with Crippen LogP contribution < -0.4 is 4.74 Å². The summed E-state index contributed by atoms with van der Waals surface area (Å²) >= 11 is 1.47. The SMILES string of the molecule is CC(C)Oc1cc(CN(C(=O)c2cnc(C3CCCO3)s2)C2CC2)ccn1. The van der Waals surface area contributed by atoms with Gasteiger partial charge in [-0.25, -0.2) is 9.97 Å². The number of thiazole rings is 1. The summed E-state index contributed by atoms with van der Waals surface area (Å²) in [5, 5.41) is 0.920. The third-order valence-corrected chi connectivity index (χ3v) is 5.77. The number of hydrogen-bond acceptors (Lipinski definition) is 6. The second kappa shape index (κ2) is 7.94. The van der Waals surface area contributed by atoms with E-state index in [0.717, 1.165) is 42.9 Å². The summed E-state index contributed by atoms with van der Waals surface area (Å²) in [5.41, 5.74) is 1.03. The molecule has 2 fully saturated rings. The smallest absolute Gasteiger partial charge is 0.266 e. The van der Waals surface area contributed by atoms with Crippen molar-refractivity contribution in [3.8, 4) is 5.88 Å². The third kappa shape index (κ3) is 4.47. The van der Waals surface area contributed by atoms with Gasteiger partial charge in [0.05, 0.1) is 12.3 Å². The highest BCUT2D eigenvalue weighted by atomic mass is 32.1. The van der Waals surface area contributed by atoms with E-state index in [-0.39, 0.29) is 18.1 Å². The molecule has 4 rings (SSSR count). The predicted octanol–water partition coefficient (Wildman–Crippen LogP) is 3.98. The molecule has 1 aliphatic carbocycles. The van der Waals surface area contributed by atoms with E-state index in [0.29, 0.717) is 23.3 Å². The number of nitrogens with zero attached hydrogens (tertiary/aromatic N) is 3. The Morgan fingerprint density at radius 2 is 2.22 bits per heavy atom. The van der Waals surface area contributed by atoms with Crippen LogP contribution in [0.25, 0.3) is 0 Å². The molecule has 0 N–H and O–H groups in total. The fourth-order valence-corrected chi connectivity index (χ4v) is 4.21. The van der Waals surface area contributed by atoms with Crippen LogP contribution in [0.15, 0.2) is 24.5 Å². The summed E-state index contributed by atoms with van der Waals surface area (Å²) in [7, 11) is 0. The molecule has 1 saturated carbocycles. The summed E-state index contributed by atoms with van der Waals surface area (Å²) in [5.74, 6) is 0.659. The number of pyridine rings is 1. The Morgan fingerprint density at radius 1 is 1.37 bits per heavy atom. The standard InChI is InChI=1S/C20H25N3O3S/c1-13(2)26-18-10-14(7-8-21-18)12-23(15-5-6-15)20(24)17-11-22-19(27-17)16-4-3-9-25-16/h7-8,10-11,13,15-16H,3-6,9,12H2,1-2H3. The Labute approximate surface area is 163 Å². The number of carbonyl (C=O) groups excluding carboxylic acids is 1. The number of rotatable bonds is 7. The number of amides is 1. The normalized spacial score (nSPS) is 19.4. The van der Waals surface area contributed by atoms with Crippen molar-refractivity contribution >= 4 is 17.2 Å². The van der Waals surface area contributed by atoms with E-state index in [9.17, 15) is 4.79 Å². The number of aromatic nitrogens is 2. The highest BCUT2D eigenvalue weighted by molar-refractivity contribution is 7.13. The van der Waals surface area contributed by atoms with Crippen molar-refractivity contribution in [3.05, 3.63) is 40.0 Å². The first-order valence-electron chi connectivity index (χ1n) is 9.60. The Bertz CT molecular complexity index is 797. The molecule has 0 bridgehead atoms. The minimum Gasteiger partial charge on any atom is -0.475 e. The van der Waals surface area contributed by atoms with Gasteiger partial charge in [-0.05, 0) is 51.2 Å². The van der Waals surface area contributed by atoms with Crippen LogP contribution in [-0.4, -0.2) is 39.5 Å². The maximum atomic E-state index is 13.1. The predicted molar refractivity (Wildman–Crippen MR) is 103 cm³/mol. The van der Waals surface area contributed by atoms with Crippen LogP contribution in [-0.2, 0) is 11.3 Å². The molecule has 6 nitrogen and oxygen atoms in total. The molecule has 144 valence electrons. The van der Waals surface area contributed by atoms with Crippen molar-refractivity contribution in [1.82, 2.24) is 14.9 Å². The van der Waals surface area contributed by atoms with Gasteiger partial charge in [-0.1, -0.05) is 0 Å². The average molecular weight is 388 g/mol. The van der Waals surface area contributed by atoms with Crippen LogP contribution >= 0.6 is 11.3 Å². The van der Waals surface area contributed by atoms with Crippen LogP contribution in [0.2, 0.25) is 0 Å². The zero-order valence-corrected chi connectivity index (χ0v) is 16.6. The van der Waals surface area contributed by atoms with Crippen LogP contribution in [0.1, 0.15) is 65.9 Å². The van der Waals surface area contributed by atoms with Crippen LogP contribution in [0.4, 0.5) is 0 Å². The largest absolute Gasteiger partial charge is 0.475 e. The first-order valence-corrected chi connectivity index (χ1v) is 10.4. The molecule has 3 heterocycles. The van der Waals surface area contributed by atoms with Crippen LogP contribution in [0, 0.1) is 0 Å². The fraction of sp³-hybridized carbons (Fsp3) is 0.550. The van der Waals surface area contributed by atoms with Crippen LogP contribution in [0.5, 0.6) is 5.88 Å². The molecule has 2 aromatic heterocycles. The highest BCUT2D eigenvalue weighted by Crippen LogP contribution is 2.34. The Balaban J connectivity index is 1.48. The lowest BCUT2D eigenvalue weighted by Crippen LogP contribution is -2.32. The van der Waals surface area contributed by atoms with E-state index in [2.05, 4.69) is 9.97 Å².